The Morgan fingerprint density at radius 1 is 0.449 bits per heavy atom. The minimum Gasteiger partial charge on any atom is -0.491 e. The zero-order chi connectivity index (χ0) is 32.6. The van der Waals surface area contributed by atoms with Gasteiger partial charge in [0.05, 0.1) is 45.1 Å². The molecule has 2 unspecified atom stereocenters. The van der Waals surface area contributed by atoms with Gasteiger partial charge in [-0.2, -0.15) is 0 Å². The maximum atomic E-state index is 6.37. The maximum absolute atomic E-state index is 6.37. The summed E-state index contributed by atoms with van der Waals surface area (Å²) in [7, 11) is 0. The fourth-order valence-corrected chi connectivity index (χ4v) is 7.61. The van der Waals surface area contributed by atoms with Crippen LogP contribution in [0.5, 0.6) is 11.5 Å². The lowest BCUT2D eigenvalue weighted by atomic mass is 9.65. The van der Waals surface area contributed by atoms with E-state index in [1.165, 1.54) is 33.4 Å². The van der Waals surface area contributed by atoms with Crippen LogP contribution in [0.1, 0.15) is 22.3 Å². The van der Waals surface area contributed by atoms with Crippen LogP contribution in [0.25, 0.3) is 32.7 Å². The molecular formula is C43H38O6. The minimum atomic E-state index is -0.607. The van der Waals surface area contributed by atoms with Crippen molar-refractivity contribution in [3.63, 3.8) is 0 Å². The van der Waals surface area contributed by atoms with E-state index < -0.39 is 5.41 Å². The van der Waals surface area contributed by atoms with Gasteiger partial charge in [-0.05, 0) is 56.3 Å². The quantitative estimate of drug-likeness (QED) is 0.0880. The van der Waals surface area contributed by atoms with Crippen LogP contribution in [-0.4, -0.2) is 65.1 Å². The maximum Gasteiger partial charge on any atom is 0.127 e. The van der Waals surface area contributed by atoms with Crippen molar-refractivity contribution in [1.29, 1.82) is 0 Å². The molecule has 2 aliphatic heterocycles. The second-order valence-electron chi connectivity index (χ2n) is 12.9. The lowest BCUT2D eigenvalue weighted by Gasteiger charge is -2.36. The summed E-state index contributed by atoms with van der Waals surface area (Å²) in [6, 6.07) is 43.8. The van der Waals surface area contributed by atoms with Gasteiger partial charge in [-0.15, -0.1) is 0 Å². The summed E-state index contributed by atoms with van der Waals surface area (Å²) in [5.74, 6) is 1.70. The van der Waals surface area contributed by atoms with Gasteiger partial charge in [0.25, 0.3) is 0 Å². The Morgan fingerprint density at radius 2 is 0.857 bits per heavy atom. The fraction of sp³-hybridized carbons (Fsp3) is 0.256. The normalized spacial score (nSPS) is 18.3. The molecule has 9 rings (SSSR count). The van der Waals surface area contributed by atoms with E-state index in [1.54, 1.807) is 0 Å². The second kappa shape index (κ2) is 13.0. The lowest BCUT2D eigenvalue weighted by molar-refractivity contribution is 0.0883. The smallest absolute Gasteiger partial charge is 0.127 e. The first kappa shape index (κ1) is 30.3. The highest BCUT2D eigenvalue weighted by molar-refractivity contribution is 6.00. The Morgan fingerprint density at radius 3 is 1.33 bits per heavy atom. The Hall–Kier alpha value is -4.72. The van der Waals surface area contributed by atoms with Gasteiger partial charge in [-0.25, -0.2) is 0 Å². The van der Waals surface area contributed by atoms with E-state index in [-0.39, 0.29) is 12.2 Å². The standard InChI is InChI=1S/C43H38O6/c1-3-15-37-31(9-1)32-10-2-4-16-38(32)43(37,39-17-5-13-35-33(39)11-7-19-41(35)46-23-21-44-25-29-27-48-29)40-18-6-14-36-34(40)12-8-20-42(36)47-24-22-45-26-30-28-49-30/h1-20,29-30H,21-28H2. The molecule has 2 fully saturated rings. The molecule has 6 heteroatoms. The van der Waals surface area contributed by atoms with Crippen LogP contribution in [0.3, 0.4) is 0 Å². The molecule has 0 amide bonds. The van der Waals surface area contributed by atoms with Crippen molar-refractivity contribution in [2.45, 2.75) is 17.6 Å². The van der Waals surface area contributed by atoms with Gasteiger partial charge in [-0.3, -0.25) is 0 Å². The summed E-state index contributed by atoms with van der Waals surface area (Å²) in [6.45, 7) is 4.79. The number of ether oxygens (including phenoxy) is 6. The first-order chi connectivity index (χ1) is 24.3. The second-order valence-corrected chi connectivity index (χ2v) is 12.9. The van der Waals surface area contributed by atoms with Crippen molar-refractivity contribution in [2.75, 3.05) is 52.9 Å². The van der Waals surface area contributed by atoms with Crippen LogP contribution in [-0.2, 0) is 24.4 Å². The lowest BCUT2D eigenvalue weighted by Crippen LogP contribution is -2.29. The molecule has 49 heavy (non-hydrogen) atoms. The summed E-state index contributed by atoms with van der Waals surface area (Å²) < 4.78 is 34.9. The number of benzene rings is 6. The van der Waals surface area contributed by atoms with Gasteiger partial charge >= 0.3 is 0 Å². The summed E-state index contributed by atoms with van der Waals surface area (Å²) in [5, 5.41) is 4.46. The SMILES string of the molecule is c1ccc2c(c1)-c1ccccc1C2(c1cccc2c(OCCOCC3CO3)cccc12)c1cccc2c(OCCOCC3CO3)cccc12. The topological polar surface area (TPSA) is 62.0 Å². The van der Waals surface area contributed by atoms with Crippen LogP contribution in [0.2, 0.25) is 0 Å². The number of hydrogen-bond acceptors (Lipinski definition) is 6. The Bertz CT molecular complexity index is 1980. The first-order valence-corrected chi connectivity index (χ1v) is 17.2. The van der Waals surface area contributed by atoms with Crippen molar-refractivity contribution < 1.29 is 28.4 Å². The zero-order valence-corrected chi connectivity index (χ0v) is 27.3. The molecule has 2 saturated heterocycles. The fourth-order valence-electron chi connectivity index (χ4n) is 7.61. The summed E-state index contributed by atoms with van der Waals surface area (Å²) in [6.07, 6.45) is 0.485. The van der Waals surface area contributed by atoms with Crippen molar-refractivity contribution in [2.24, 2.45) is 0 Å². The molecule has 0 aromatic heterocycles. The van der Waals surface area contributed by atoms with Crippen molar-refractivity contribution in [1.82, 2.24) is 0 Å². The van der Waals surface area contributed by atoms with E-state index in [1.807, 2.05) is 0 Å². The third-order valence-corrected chi connectivity index (χ3v) is 9.91. The Kier molecular flexibility index (Phi) is 8.02. The van der Waals surface area contributed by atoms with E-state index >= 15 is 0 Å². The van der Waals surface area contributed by atoms with E-state index in [2.05, 4.69) is 121 Å². The monoisotopic (exact) mass is 650 g/mol. The molecule has 2 atom stereocenters. The average molecular weight is 651 g/mol. The molecule has 0 bridgehead atoms. The van der Waals surface area contributed by atoms with Gasteiger partial charge in [0, 0.05) is 10.8 Å². The molecule has 3 aliphatic rings. The summed E-state index contributed by atoms with van der Waals surface area (Å²) >= 11 is 0. The van der Waals surface area contributed by atoms with Gasteiger partial charge in [0.1, 0.15) is 36.9 Å². The molecule has 6 nitrogen and oxygen atoms in total. The van der Waals surface area contributed by atoms with E-state index in [0.29, 0.717) is 39.6 Å². The van der Waals surface area contributed by atoms with Crippen LogP contribution in [0.15, 0.2) is 121 Å². The van der Waals surface area contributed by atoms with Crippen molar-refractivity contribution >= 4 is 21.5 Å². The number of hydrogen-bond donors (Lipinski definition) is 0. The highest BCUT2D eigenvalue weighted by Crippen LogP contribution is 2.58. The van der Waals surface area contributed by atoms with Gasteiger partial charge in [-0.1, -0.05) is 109 Å². The van der Waals surface area contributed by atoms with E-state index in [9.17, 15) is 0 Å². The highest BCUT2D eigenvalue weighted by atomic mass is 16.6. The molecule has 2 heterocycles. The Labute approximate surface area is 286 Å². The van der Waals surface area contributed by atoms with E-state index in [0.717, 1.165) is 46.3 Å². The van der Waals surface area contributed by atoms with Crippen LogP contribution in [0, 0.1) is 0 Å². The predicted molar refractivity (Wildman–Crippen MR) is 191 cm³/mol. The third kappa shape index (κ3) is 5.55. The molecule has 0 spiro atoms. The van der Waals surface area contributed by atoms with Crippen LogP contribution < -0.4 is 9.47 Å². The zero-order valence-electron chi connectivity index (χ0n) is 27.3. The van der Waals surface area contributed by atoms with E-state index in [4.69, 9.17) is 28.4 Å². The number of epoxide rings is 2. The van der Waals surface area contributed by atoms with Crippen molar-refractivity contribution in [3.05, 3.63) is 144 Å². The molecule has 0 N–H and O–H groups in total. The predicted octanol–water partition coefficient (Wildman–Crippen LogP) is 7.94. The number of fused-ring (bicyclic) bond motifs is 5. The van der Waals surface area contributed by atoms with Crippen molar-refractivity contribution in [3.8, 4) is 22.6 Å². The third-order valence-electron chi connectivity index (χ3n) is 9.91. The molecule has 0 radical (unpaired) electrons. The van der Waals surface area contributed by atoms with Crippen LogP contribution in [0.4, 0.5) is 0 Å². The first-order valence-electron chi connectivity index (χ1n) is 17.2. The summed E-state index contributed by atoms with van der Waals surface area (Å²) in [4.78, 5) is 0. The van der Waals surface area contributed by atoms with Gasteiger partial charge in [0.15, 0.2) is 0 Å². The molecule has 0 saturated carbocycles. The molecule has 6 aromatic carbocycles. The molecular weight excluding hydrogens is 612 g/mol. The molecule has 6 aromatic rings. The minimum absolute atomic E-state index is 0.242. The van der Waals surface area contributed by atoms with Gasteiger partial charge < -0.3 is 28.4 Å². The average Bonchev–Trinajstić information content (AvgIpc) is 4.10. The molecule has 1 aliphatic carbocycles. The highest BCUT2D eigenvalue weighted by Gasteiger charge is 2.47. The number of rotatable bonds is 14. The van der Waals surface area contributed by atoms with Crippen LogP contribution >= 0.6 is 0 Å². The summed E-state index contributed by atoms with van der Waals surface area (Å²) in [5.41, 5.74) is 6.85. The largest absolute Gasteiger partial charge is 0.491 e. The Balaban J connectivity index is 1.19. The molecule has 246 valence electrons. The van der Waals surface area contributed by atoms with Gasteiger partial charge in [0.2, 0.25) is 0 Å².